The van der Waals surface area contributed by atoms with Gasteiger partial charge in [0, 0.05) is 25.7 Å². The molecule has 5 heteroatoms. The van der Waals surface area contributed by atoms with E-state index in [1.807, 2.05) is 13.8 Å². The van der Waals surface area contributed by atoms with E-state index in [1.54, 1.807) is 0 Å². The highest BCUT2D eigenvalue weighted by Crippen LogP contribution is 2.41. The van der Waals surface area contributed by atoms with Gasteiger partial charge in [0.2, 0.25) is 0 Å². The lowest BCUT2D eigenvalue weighted by Crippen LogP contribution is -2.64. The van der Waals surface area contributed by atoms with Gasteiger partial charge in [-0.15, -0.1) is 0 Å². The van der Waals surface area contributed by atoms with Gasteiger partial charge in [-0.05, 0) is 46.5 Å². The van der Waals surface area contributed by atoms with E-state index in [9.17, 15) is 9.90 Å². The first-order chi connectivity index (χ1) is 9.33. The van der Waals surface area contributed by atoms with Crippen LogP contribution < -0.4 is 5.32 Å². The molecule has 20 heavy (non-hydrogen) atoms. The Hall–Kier alpha value is -0.650. The monoisotopic (exact) mass is 284 g/mol. The number of aliphatic carboxylic acids is 1. The molecule has 1 unspecified atom stereocenters. The maximum absolute atomic E-state index is 12.0. The molecule has 2 N–H and O–H groups in total. The number of nitrogens with one attached hydrogen (secondary N) is 1. The van der Waals surface area contributed by atoms with Crippen molar-refractivity contribution in [2.24, 2.45) is 5.92 Å². The smallest absolute Gasteiger partial charge is 0.325 e. The maximum atomic E-state index is 12.0. The SMILES string of the molecule is CC(C)NC(CN1C[C@@H](C)O[C@@H](C)C1)(C(=O)O)C1CC1. The summed E-state index contributed by atoms with van der Waals surface area (Å²) in [4.78, 5) is 14.2. The van der Waals surface area contributed by atoms with Gasteiger partial charge in [0.25, 0.3) is 0 Å². The third kappa shape index (κ3) is 3.51. The number of carboxylic acids is 1. The highest BCUT2D eigenvalue weighted by atomic mass is 16.5. The molecular formula is C15H28N2O3. The summed E-state index contributed by atoms with van der Waals surface area (Å²) in [5, 5.41) is 13.2. The second-order valence-electron chi connectivity index (χ2n) is 6.80. The Morgan fingerprint density at radius 1 is 1.35 bits per heavy atom. The molecule has 0 spiro atoms. The lowest BCUT2D eigenvalue weighted by Gasteiger charge is -2.42. The number of carboxylic acid groups (broad SMARTS) is 1. The Morgan fingerprint density at radius 3 is 2.30 bits per heavy atom. The van der Waals surface area contributed by atoms with Gasteiger partial charge < -0.3 is 9.84 Å². The summed E-state index contributed by atoms with van der Waals surface area (Å²) in [5.74, 6) is -0.448. The Morgan fingerprint density at radius 2 is 1.90 bits per heavy atom. The van der Waals surface area contributed by atoms with Crippen molar-refractivity contribution in [1.29, 1.82) is 0 Å². The van der Waals surface area contributed by atoms with Crippen molar-refractivity contribution in [3.8, 4) is 0 Å². The molecule has 1 heterocycles. The summed E-state index contributed by atoms with van der Waals surface area (Å²) in [6.45, 7) is 10.3. The third-order valence-electron chi connectivity index (χ3n) is 4.17. The van der Waals surface area contributed by atoms with E-state index >= 15 is 0 Å². The first kappa shape index (κ1) is 15.7. The van der Waals surface area contributed by atoms with Crippen LogP contribution in [0.2, 0.25) is 0 Å². The van der Waals surface area contributed by atoms with Crippen LogP contribution in [0.5, 0.6) is 0 Å². The molecule has 0 bridgehead atoms. The van der Waals surface area contributed by atoms with Gasteiger partial charge in [-0.1, -0.05) is 0 Å². The molecule has 2 aliphatic rings. The predicted molar refractivity (Wildman–Crippen MR) is 77.8 cm³/mol. The van der Waals surface area contributed by atoms with Gasteiger partial charge in [-0.3, -0.25) is 15.0 Å². The van der Waals surface area contributed by atoms with E-state index in [2.05, 4.69) is 24.1 Å². The number of rotatable bonds is 6. The summed E-state index contributed by atoms with van der Waals surface area (Å²) in [6, 6.07) is 0.169. The first-order valence-electron chi connectivity index (χ1n) is 7.72. The number of carbonyl (C=O) groups is 1. The molecule has 0 aromatic heterocycles. The summed E-state index contributed by atoms with van der Waals surface area (Å²) >= 11 is 0. The molecule has 0 radical (unpaired) electrons. The third-order valence-corrected chi connectivity index (χ3v) is 4.17. The lowest BCUT2D eigenvalue weighted by molar-refractivity contribution is -0.149. The molecule has 0 aromatic rings. The van der Waals surface area contributed by atoms with Crippen LogP contribution in [0.25, 0.3) is 0 Å². The summed E-state index contributed by atoms with van der Waals surface area (Å²) in [6.07, 6.45) is 2.37. The minimum absolute atomic E-state index is 0.169. The summed E-state index contributed by atoms with van der Waals surface area (Å²) in [7, 11) is 0. The topological polar surface area (TPSA) is 61.8 Å². The Balaban J connectivity index is 2.12. The zero-order valence-electron chi connectivity index (χ0n) is 13.1. The van der Waals surface area contributed by atoms with Crippen molar-refractivity contribution in [2.75, 3.05) is 19.6 Å². The molecule has 1 aliphatic heterocycles. The van der Waals surface area contributed by atoms with E-state index in [1.165, 1.54) is 0 Å². The van der Waals surface area contributed by atoms with Crippen molar-refractivity contribution >= 4 is 5.97 Å². The van der Waals surface area contributed by atoms with Gasteiger partial charge in [0.1, 0.15) is 5.54 Å². The molecule has 5 nitrogen and oxygen atoms in total. The molecule has 0 aromatic carbocycles. The zero-order chi connectivity index (χ0) is 14.9. The van der Waals surface area contributed by atoms with E-state index in [-0.39, 0.29) is 24.2 Å². The largest absolute Gasteiger partial charge is 0.480 e. The number of hydrogen-bond acceptors (Lipinski definition) is 4. The van der Waals surface area contributed by atoms with Crippen LogP contribution in [0.15, 0.2) is 0 Å². The number of hydrogen-bond donors (Lipinski definition) is 2. The van der Waals surface area contributed by atoms with Gasteiger partial charge in [0.05, 0.1) is 12.2 Å². The normalized spacial score (nSPS) is 31.2. The highest BCUT2D eigenvalue weighted by Gasteiger charge is 2.52. The molecule has 2 fully saturated rings. The van der Waals surface area contributed by atoms with Gasteiger partial charge >= 0.3 is 5.97 Å². The van der Waals surface area contributed by atoms with Crippen LogP contribution in [-0.4, -0.2) is 59.4 Å². The summed E-state index contributed by atoms with van der Waals surface area (Å²) < 4.78 is 5.74. The van der Waals surface area contributed by atoms with E-state index in [0.29, 0.717) is 6.54 Å². The second kappa shape index (κ2) is 6.00. The maximum Gasteiger partial charge on any atom is 0.325 e. The Kier molecular flexibility index (Phi) is 4.72. The van der Waals surface area contributed by atoms with Crippen LogP contribution in [-0.2, 0) is 9.53 Å². The molecule has 116 valence electrons. The Labute approximate surface area is 121 Å². The lowest BCUT2D eigenvalue weighted by atomic mass is 9.90. The van der Waals surface area contributed by atoms with E-state index in [0.717, 1.165) is 25.9 Å². The van der Waals surface area contributed by atoms with Crippen LogP contribution in [0.3, 0.4) is 0 Å². The number of ether oxygens (including phenoxy) is 1. The molecular weight excluding hydrogens is 256 g/mol. The van der Waals surface area contributed by atoms with Crippen molar-refractivity contribution in [2.45, 2.75) is 64.3 Å². The fourth-order valence-electron chi connectivity index (χ4n) is 3.45. The van der Waals surface area contributed by atoms with Gasteiger partial charge in [-0.2, -0.15) is 0 Å². The van der Waals surface area contributed by atoms with E-state index < -0.39 is 11.5 Å². The fourth-order valence-corrected chi connectivity index (χ4v) is 3.45. The zero-order valence-corrected chi connectivity index (χ0v) is 13.1. The van der Waals surface area contributed by atoms with Crippen LogP contribution in [0.4, 0.5) is 0 Å². The average Bonchev–Trinajstić information content (AvgIpc) is 3.09. The molecule has 2 rings (SSSR count). The van der Waals surface area contributed by atoms with Gasteiger partial charge in [-0.25, -0.2) is 0 Å². The fraction of sp³-hybridized carbons (Fsp3) is 0.933. The molecule has 0 amide bonds. The average molecular weight is 284 g/mol. The van der Waals surface area contributed by atoms with Crippen LogP contribution in [0.1, 0.15) is 40.5 Å². The Bertz CT molecular complexity index is 347. The first-order valence-corrected chi connectivity index (χ1v) is 7.72. The minimum Gasteiger partial charge on any atom is -0.480 e. The summed E-state index contributed by atoms with van der Waals surface area (Å²) in [5.41, 5.74) is -0.801. The predicted octanol–water partition coefficient (Wildman–Crippen LogP) is 1.33. The number of morpholine rings is 1. The minimum atomic E-state index is -0.801. The molecule has 1 aliphatic carbocycles. The molecule has 3 atom stereocenters. The van der Waals surface area contributed by atoms with Gasteiger partial charge in [0.15, 0.2) is 0 Å². The van der Waals surface area contributed by atoms with Crippen molar-refractivity contribution in [3.05, 3.63) is 0 Å². The standard InChI is InChI=1S/C15H28N2O3/c1-10(2)16-15(14(18)19,13-5-6-13)9-17-7-11(3)20-12(4)8-17/h10-13,16H,5-9H2,1-4H3,(H,18,19)/t11-,12+,15?. The molecule has 1 saturated heterocycles. The van der Waals surface area contributed by atoms with Crippen molar-refractivity contribution in [3.63, 3.8) is 0 Å². The van der Waals surface area contributed by atoms with Crippen LogP contribution >= 0.6 is 0 Å². The number of nitrogens with zero attached hydrogens (tertiary/aromatic N) is 1. The second-order valence-corrected chi connectivity index (χ2v) is 6.80. The van der Waals surface area contributed by atoms with Crippen molar-refractivity contribution < 1.29 is 14.6 Å². The van der Waals surface area contributed by atoms with E-state index in [4.69, 9.17) is 4.74 Å². The quantitative estimate of drug-likeness (QED) is 0.770. The molecule has 1 saturated carbocycles. The van der Waals surface area contributed by atoms with Crippen LogP contribution in [0, 0.1) is 5.92 Å². The highest BCUT2D eigenvalue weighted by molar-refractivity contribution is 5.80. The van der Waals surface area contributed by atoms with Crippen molar-refractivity contribution in [1.82, 2.24) is 10.2 Å².